The zero-order valence-corrected chi connectivity index (χ0v) is 13.4. The van der Waals surface area contributed by atoms with Crippen molar-refractivity contribution in [3.8, 4) is 0 Å². The maximum absolute atomic E-state index is 12.7. The SMILES string of the molecule is O=C(NC(CF)C(=O)O)C1CC(=O)N(Cc2cccc(C(F)(F)F)c2)C1. The number of nitrogens with zero attached hydrogens (tertiary/aromatic N) is 1. The fourth-order valence-electron chi connectivity index (χ4n) is 2.62. The molecule has 0 aromatic heterocycles. The molecule has 26 heavy (non-hydrogen) atoms. The van der Waals surface area contributed by atoms with Gasteiger partial charge in [0.2, 0.25) is 11.8 Å². The van der Waals surface area contributed by atoms with Crippen molar-refractivity contribution in [2.24, 2.45) is 5.92 Å². The van der Waals surface area contributed by atoms with Gasteiger partial charge < -0.3 is 15.3 Å². The Kier molecular flexibility index (Phi) is 5.83. The minimum Gasteiger partial charge on any atom is -0.480 e. The summed E-state index contributed by atoms with van der Waals surface area (Å²) in [7, 11) is 0. The van der Waals surface area contributed by atoms with Gasteiger partial charge >= 0.3 is 12.1 Å². The number of nitrogens with one attached hydrogen (secondary N) is 1. The molecule has 0 spiro atoms. The summed E-state index contributed by atoms with van der Waals surface area (Å²) >= 11 is 0. The number of rotatable bonds is 6. The Morgan fingerprint density at radius 3 is 2.62 bits per heavy atom. The van der Waals surface area contributed by atoms with E-state index >= 15 is 0 Å². The molecule has 2 rings (SSSR count). The van der Waals surface area contributed by atoms with Crippen molar-refractivity contribution in [1.29, 1.82) is 0 Å². The van der Waals surface area contributed by atoms with E-state index in [0.717, 1.165) is 12.1 Å². The van der Waals surface area contributed by atoms with E-state index in [1.807, 2.05) is 5.32 Å². The average molecular weight is 376 g/mol. The second-order valence-electron chi connectivity index (χ2n) is 5.93. The highest BCUT2D eigenvalue weighted by Gasteiger charge is 2.36. The van der Waals surface area contributed by atoms with Gasteiger partial charge in [0, 0.05) is 19.5 Å². The van der Waals surface area contributed by atoms with Gasteiger partial charge in [-0.2, -0.15) is 13.2 Å². The lowest BCUT2D eigenvalue weighted by Crippen LogP contribution is -2.45. The topological polar surface area (TPSA) is 86.7 Å². The number of aliphatic carboxylic acids is 1. The molecule has 1 saturated heterocycles. The summed E-state index contributed by atoms with van der Waals surface area (Å²) in [5, 5.41) is 10.7. The van der Waals surface area contributed by atoms with E-state index in [1.54, 1.807) is 0 Å². The van der Waals surface area contributed by atoms with Crippen molar-refractivity contribution in [3.63, 3.8) is 0 Å². The van der Waals surface area contributed by atoms with Crippen molar-refractivity contribution in [1.82, 2.24) is 10.2 Å². The fraction of sp³-hybridized carbons (Fsp3) is 0.438. The minimum absolute atomic E-state index is 0.0838. The van der Waals surface area contributed by atoms with Crippen LogP contribution in [-0.2, 0) is 27.1 Å². The van der Waals surface area contributed by atoms with Crippen LogP contribution in [0.1, 0.15) is 17.5 Å². The van der Waals surface area contributed by atoms with Gasteiger partial charge in [-0.05, 0) is 17.7 Å². The molecule has 142 valence electrons. The first-order valence-electron chi connectivity index (χ1n) is 7.65. The number of carboxylic acids is 1. The Morgan fingerprint density at radius 2 is 2.04 bits per heavy atom. The van der Waals surface area contributed by atoms with Gasteiger partial charge in [-0.3, -0.25) is 9.59 Å². The molecule has 1 aromatic carbocycles. The van der Waals surface area contributed by atoms with Gasteiger partial charge in [-0.25, -0.2) is 9.18 Å². The second-order valence-corrected chi connectivity index (χ2v) is 5.93. The van der Waals surface area contributed by atoms with Crippen molar-refractivity contribution >= 4 is 17.8 Å². The normalized spacial score (nSPS) is 18.7. The molecule has 1 aliphatic rings. The molecule has 1 heterocycles. The smallest absolute Gasteiger partial charge is 0.416 e. The van der Waals surface area contributed by atoms with E-state index in [4.69, 9.17) is 5.11 Å². The van der Waals surface area contributed by atoms with Crippen LogP contribution < -0.4 is 5.32 Å². The lowest BCUT2D eigenvalue weighted by Gasteiger charge is -2.18. The first-order valence-corrected chi connectivity index (χ1v) is 7.65. The van der Waals surface area contributed by atoms with Crippen molar-refractivity contribution in [2.45, 2.75) is 25.2 Å². The molecule has 0 aliphatic carbocycles. The molecule has 10 heteroatoms. The molecule has 2 N–H and O–H groups in total. The molecule has 2 amide bonds. The minimum atomic E-state index is -4.51. The summed E-state index contributed by atoms with van der Waals surface area (Å²) in [4.78, 5) is 35.9. The van der Waals surface area contributed by atoms with Gasteiger partial charge in [0.25, 0.3) is 0 Å². The summed E-state index contributed by atoms with van der Waals surface area (Å²) in [6.07, 6.45) is -4.73. The number of benzene rings is 1. The maximum Gasteiger partial charge on any atom is 0.416 e. The molecule has 1 aliphatic heterocycles. The predicted octanol–water partition coefficient (Wildman–Crippen LogP) is 1.59. The van der Waals surface area contributed by atoms with Crippen LogP contribution >= 0.6 is 0 Å². The zero-order chi connectivity index (χ0) is 19.5. The maximum atomic E-state index is 12.7. The van der Waals surface area contributed by atoms with Crippen LogP contribution in [0.4, 0.5) is 17.6 Å². The van der Waals surface area contributed by atoms with E-state index in [0.29, 0.717) is 0 Å². The summed E-state index contributed by atoms with van der Waals surface area (Å²) in [6, 6.07) is 2.79. The first-order chi connectivity index (χ1) is 12.1. The molecule has 2 atom stereocenters. The highest BCUT2D eigenvalue weighted by Crippen LogP contribution is 2.30. The fourth-order valence-corrected chi connectivity index (χ4v) is 2.62. The molecule has 0 saturated carbocycles. The number of likely N-dealkylation sites (tertiary alicyclic amines) is 1. The molecule has 0 radical (unpaired) electrons. The van der Waals surface area contributed by atoms with E-state index in [9.17, 15) is 31.9 Å². The van der Waals surface area contributed by atoms with Crippen molar-refractivity contribution < 1.29 is 37.1 Å². The Bertz CT molecular complexity index is 708. The van der Waals surface area contributed by atoms with Crippen molar-refractivity contribution in [3.05, 3.63) is 35.4 Å². The highest BCUT2D eigenvalue weighted by molar-refractivity contribution is 5.91. The average Bonchev–Trinajstić information content (AvgIpc) is 2.92. The van der Waals surface area contributed by atoms with Crippen LogP contribution in [0.25, 0.3) is 0 Å². The number of carbonyl (C=O) groups is 3. The lowest BCUT2D eigenvalue weighted by molar-refractivity contribution is -0.142. The predicted molar refractivity (Wildman–Crippen MR) is 80.5 cm³/mol. The Labute approximate surface area is 145 Å². The number of amides is 2. The Hall–Kier alpha value is -2.65. The number of alkyl halides is 4. The standard InChI is InChI=1S/C16H16F4N2O4/c17-6-12(15(25)26)21-14(24)10-5-13(23)22(8-10)7-9-2-1-3-11(4-9)16(18,19)20/h1-4,10,12H,5-8H2,(H,21,24)(H,25,26). The number of carboxylic acid groups (broad SMARTS) is 1. The molecule has 1 fully saturated rings. The van der Waals surface area contributed by atoms with E-state index < -0.39 is 48.2 Å². The zero-order valence-electron chi connectivity index (χ0n) is 13.4. The Morgan fingerprint density at radius 1 is 1.35 bits per heavy atom. The third-order valence-electron chi connectivity index (χ3n) is 3.98. The van der Waals surface area contributed by atoms with Crippen molar-refractivity contribution in [2.75, 3.05) is 13.2 Å². The van der Waals surface area contributed by atoms with Gasteiger partial charge in [-0.15, -0.1) is 0 Å². The summed E-state index contributed by atoms with van der Waals surface area (Å²) < 4.78 is 50.8. The van der Waals surface area contributed by atoms with Crippen LogP contribution in [-0.4, -0.2) is 47.1 Å². The summed E-state index contributed by atoms with van der Waals surface area (Å²) in [5.74, 6) is -3.66. The third-order valence-corrected chi connectivity index (χ3v) is 3.98. The quantitative estimate of drug-likeness (QED) is 0.739. The number of hydrogen-bond acceptors (Lipinski definition) is 3. The number of hydrogen-bond donors (Lipinski definition) is 2. The van der Waals surface area contributed by atoms with Crippen LogP contribution in [0.5, 0.6) is 0 Å². The van der Waals surface area contributed by atoms with Crippen LogP contribution in [0, 0.1) is 5.92 Å². The molecule has 1 aromatic rings. The molecular formula is C16H16F4N2O4. The van der Waals surface area contributed by atoms with Gasteiger partial charge in [0.1, 0.15) is 6.67 Å². The van der Waals surface area contributed by atoms with E-state index in [2.05, 4.69) is 0 Å². The van der Waals surface area contributed by atoms with Crippen LogP contribution in [0.15, 0.2) is 24.3 Å². The second kappa shape index (κ2) is 7.71. The first kappa shape index (κ1) is 19.7. The van der Waals surface area contributed by atoms with E-state index in [-0.39, 0.29) is 25.1 Å². The summed E-state index contributed by atoms with van der Waals surface area (Å²) in [5.41, 5.74) is -0.593. The third kappa shape index (κ3) is 4.70. The lowest BCUT2D eigenvalue weighted by atomic mass is 10.1. The highest BCUT2D eigenvalue weighted by atomic mass is 19.4. The van der Waals surface area contributed by atoms with Crippen LogP contribution in [0.3, 0.4) is 0 Å². The van der Waals surface area contributed by atoms with E-state index in [1.165, 1.54) is 17.0 Å². The largest absolute Gasteiger partial charge is 0.480 e. The van der Waals surface area contributed by atoms with Gasteiger partial charge in [0.05, 0.1) is 11.5 Å². The number of halogens is 4. The molecule has 6 nitrogen and oxygen atoms in total. The Balaban J connectivity index is 2.02. The number of carbonyl (C=O) groups excluding carboxylic acids is 2. The van der Waals surface area contributed by atoms with Gasteiger partial charge in [-0.1, -0.05) is 12.1 Å². The summed E-state index contributed by atoms with van der Waals surface area (Å²) in [6.45, 7) is -1.49. The van der Waals surface area contributed by atoms with Gasteiger partial charge in [0.15, 0.2) is 6.04 Å². The van der Waals surface area contributed by atoms with Crippen LogP contribution in [0.2, 0.25) is 0 Å². The molecular weight excluding hydrogens is 360 g/mol. The monoisotopic (exact) mass is 376 g/mol. The molecule has 0 bridgehead atoms. The molecule has 2 unspecified atom stereocenters.